The molecule has 1 aliphatic carbocycles. The first-order chi connectivity index (χ1) is 10.1. The second-order valence-corrected chi connectivity index (χ2v) is 5.86. The number of nitrogens with one attached hydrogen (secondary N) is 1. The molecule has 1 heterocycles. The van der Waals surface area contributed by atoms with E-state index in [1.54, 1.807) is 0 Å². The molecule has 2 N–H and O–H groups in total. The molecule has 21 heavy (non-hydrogen) atoms. The van der Waals surface area contributed by atoms with Crippen LogP contribution in [-0.4, -0.2) is 33.3 Å². The van der Waals surface area contributed by atoms with Gasteiger partial charge in [-0.3, -0.25) is 4.79 Å². The van der Waals surface area contributed by atoms with E-state index in [-0.39, 0.29) is 17.2 Å². The second-order valence-electron chi connectivity index (χ2n) is 4.90. The predicted octanol–water partition coefficient (Wildman–Crippen LogP) is 1.82. The fraction of sp³-hybridized carbons (Fsp3) is 0.429. The number of carboxylic acid groups (broad SMARTS) is 1. The summed E-state index contributed by atoms with van der Waals surface area (Å²) in [7, 11) is 0. The third kappa shape index (κ3) is 3.73. The van der Waals surface area contributed by atoms with Gasteiger partial charge in [-0.15, -0.1) is 0 Å². The molecule has 0 atom stereocenters. The molecule has 6 nitrogen and oxygen atoms in total. The highest BCUT2D eigenvalue weighted by molar-refractivity contribution is 8.00. The predicted molar refractivity (Wildman–Crippen MR) is 76.9 cm³/mol. The van der Waals surface area contributed by atoms with E-state index in [0.29, 0.717) is 17.9 Å². The molecule has 1 amide bonds. The van der Waals surface area contributed by atoms with Gasteiger partial charge in [-0.2, -0.15) is 5.26 Å². The molecule has 0 bridgehead atoms. The molecule has 1 aliphatic rings. The summed E-state index contributed by atoms with van der Waals surface area (Å²) >= 11 is 1.06. The quantitative estimate of drug-likeness (QED) is 0.804. The Kier molecular flexibility index (Phi) is 4.81. The van der Waals surface area contributed by atoms with Crippen LogP contribution in [0.4, 0.5) is 0 Å². The van der Waals surface area contributed by atoms with Gasteiger partial charge in [-0.25, -0.2) is 9.78 Å². The minimum absolute atomic E-state index is 0.0424. The highest BCUT2D eigenvalue weighted by atomic mass is 32.2. The standard InChI is InChI=1S/C14H15N3O3S/c15-9-14(5-1-2-6-14)17-11(18)8-21-12-10(13(19)20)4-3-7-16-12/h3-4,7H,1-2,5-6,8H2,(H,17,18)(H,19,20). The van der Waals surface area contributed by atoms with Gasteiger partial charge in [0.05, 0.1) is 17.4 Å². The van der Waals surface area contributed by atoms with E-state index >= 15 is 0 Å². The molecule has 0 aliphatic heterocycles. The molecular weight excluding hydrogens is 290 g/mol. The van der Waals surface area contributed by atoms with Gasteiger partial charge in [0.2, 0.25) is 5.91 Å². The van der Waals surface area contributed by atoms with Gasteiger partial charge < -0.3 is 10.4 Å². The number of rotatable bonds is 5. The van der Waals surface area contributed by atoms with Crippen molar-refractivity contribution in [3.63, 3.8) is 0 Å². The van der Waals surface area contributed by atoms with Crippen molar-refractivity contribution >= 4 is 23.6 Å². The molecule has 0 radical (unpaired) electrons. The van der Waals surface area contributed by atoms with Gasteiger partial charge in [0, 0.05) is 6.20 Å². The van der Waals surface area contributed by atoms with Crippen molar-refractivity contribution in [2.75, 3.05) is 5.75 Å². The lowest BCUT2D eigenvalue weighted by Gasteiger charge is -2.21. The number of nitriles is 1. The number of amides is 1. The van der Waals surface area contributed by atoms with Crippen molar-refractivity contribution in [1.82, 2.24) is 10.3 Å². The molecular formula is C14H15N3O3S. The van der Waals surface area contributed by atoms with Crippen LogP contribution in [0.3, 0.4) is 0 Å². The number of hydrogen-bond donors (Lipinski definition) is 2. The Morgan fingerprint density at radius 3 is 2.81 bits per heavy atom. The first-order valence-electron chi connectivity index (χ1n) is 6.60. The maximum absolute atomic E-state index is 12.0. The first-order valence-corrected chi connectivity index (χ1v) is 7.58. The summed E-state index contributed by atoms with van der Waals surface area (Å²) in [5, 5.41) is 21.3. The number of thioether (sulfide) groups is 1. The summed E-state index contributed by atoms with van der Waals surface area (Å²) in [4.78, 5) is 27.0. The molecule has 7 heteroatoms. The van der Waals surface area contributed by atoms with Gasteiger partial charge >= 0.3 is 5.97 Å². The van der Waals surface area contributed by atoms with E-state index in [9.17, 15) is 14.9 Å². The first kappa shape index (κ1) is 15.3. The van der Waals surface area contributed by atoms with Gasteiger partial charge in [-0.1, -0.05) is 11.8 Å². The lowest BCUT2D eigenvalue weighted by Crippen LogP contribution is -2.45. The Balaban J connectivity index is 1.96. The van der Waals surface area contributed by atoms with Crippen LogP contribution < -0.4 is 5.32 Å². The van der Waals surface area contributed by atoms with Crippen LogP contribution in [-0.2, 0) is 4.79 Å². The largest absolute Gasteiger partial charge is 0.478 e. The van der Waals surface area contributed by atoms with E-state index in [1.165, 1.54) is 18.3 Å². The molecule has 1 fully saturated rings. The van der Waals surface area contributed by atoms with Crippen molar-refractivity contribution < 1.29 is 14.7 Å². The molecule has 1 saturated carbocycles. The number of pyridine rings is 1. The number of aromatic nitrogens is 1. The van der Waals surface area contributed by atoms with Crippen LogP contribution >= 0.6 is 11.8 Å². The number of nitrogens with zero attached hydrogens (tertiary/aromatic N) is 2. The van der Waals surface area contributed by atoms with Gasteiger partial charge in [0.25, 0.3) is 0 Å². The zero-order chi connectivity index (χ0) is 15.3. The normalized spacial score (nSPS) is 16.1. The zero-order valence-electron chi connectivity index (χ0n) is 11.3. The number of hydrogen-bond acceptors (Lipinski definition) is 5. The van der Waals surface area contributed by atoms with E-state index in [0.717, 1.165) is 24.6 Å². The van der Waals surface area contributed by atoms with Crippen LogP contribution in [0.1, 0.15) is 36.0 Å². The second kappa shape index (κ2) is 6.59. The van der Waals surface area contributed by atoms with E-state index in [1.807, 2.05) is 0 Å². The molecule has 0 saturated heterocycles. The van der Waals surface area contributed by atoms with Crippen molar-refractivity contribution in [3.05, 3.63) is 23.9 Å². The van der Waals surface area contributed by atoms with E-state index in [4.69, 9.17) is 5.11 Å². The lowest BCUT2D eigenvalue weighted by atomic mass is 10.0. The molecule has 110 valence electrons. The number of aromatic carboxylic acids is 1. The fourth-order valence-electron chi connectivity index (χ4n) is 2.35. The van der Waals surface area contributed by atoms with Crippen molar-refractivity contribution in [2.24, 2.45) is 0 Å². The summed E-state index contributed by atoms with van der Waals surface area (Å²) in [6.07, 6.45) is 4.70. The SMILES string of the molecule is N#CC1(NC(=O)CSc2ncccc2C(=O)O)CCCC1. The van der Waals surface area contributed by atoms with Gasteiger partial charge in [0.1, 0.15) is 10.6 Å². The topological polar surface area (TPSA) is 103 Å². The Morgan fingerprint density at radius 1 is 1.48 bits per heavy atom. The summed E-state index contributed by atoms with van der Waals surface area (Å²) in [6, 6.07) is 5.17. The van der Waals surface area contributed by atoms with Crippen LogP contribution in [0.5, 0.6) is 0 Å². The average molecular weight is 305 g/mol. The Labute approximate surface area is 126 Å². The lowest BCUT2D eigenvalue weighted by molar-refractivity contribution is -0.119. The van der Waals surface area contributed by atoms with Crippen molar-refractivity contribution in [2.45, 2.75) is 36.2 Å². The summed E-state index contributed by atoms with van der Waals surface area (Å²) < 4.78 is 0. The van der Waals surface area contributed by atoms with Crippen LogP contribution in [0.25, 0.3) is 0 Å². The maximum Gasteiger partial charge on any atom is 0.338 e. The van der Waals surface area contributed by atoms with Crippen molar-refractivity contribution in [3.8, 4) is 6.07 Å². The van der Waals surface area contributed by atoms with Crippen LogP contribution in [0.15, 0.2) is 23.4 Å². The highest BCUT2D eigenvalue weighted by Gasteiger charge is 2.35. The summed E-state index contributed by atoms with van der Waals surface area (Å²) in [6.45, 7) is 0. The van der Waals surface area contributed by atoms with Crippen LogP contribution in [0, 0.1) is 11.3 Å². The molecule has 0 spiro atoms. The molecule has 2 rings (SSSR count). The summed E-state index contributed by atoms with van der Waals surface area (Å²) in [5.41, 5.74) is -0.677. The molecule has 0 unspecified atom stereocenters. The minimum atomic E-state index is -1.07. The molecule has 1 aromatic rings. The van der Waals surface area contributed by atoms with Crippen molar-refractivity contribution in [1.29, 1.82) is 5.26 Å². The molecule has 0 aromatic carbocycles. The van der Waals surface area contributed by atoms with Gasteiger partial charge in [0.15, 0.2) is 0 Å². The van der Waals surface area contributed by atoms with E-state index in [2.05, 4.69) is 16.4 Å². The fourth-order valence-corrected chi connectivity index (χ4v) is 3.14. The Bertz CT molecular complexity index is 591. The highest BCUT2D eigenvalue weighted by Crippen LogP contribution is 2.29. The number of carbonyl (C=O) groups is 2. The number of carbonyl (C=O) groups excluding carboxylic acids is 1. The zero-order valence-corrected chi connectivity index (χ0v) is 12.2. The minimum Gasteiger partial charge on any atom is -0.478 e. The Hall–Kier alpha value is -2.07. The van der Waals surface area contributed by atoms with Gasteiger partial charge in [-0.05, 0) is 37.8 Å². The summed E-state index contributed by atoms with van der Waals surface area (Å²) in [5.74, 6) is -1.30. The Morgan fingerprint density at radius 2 is 2.19 bits per heavy atom. The maximum atomic E-state index is 12.0. The van der Waals surface area contributed by atoms with E-state index < -0.39 is 11.5 Å². The third-order valence-corrected chi connectivity index (χ3v) is 4.40. The van der Waals surface area contributed by atoms with Crippen LogP contribution in [0.2, 0.25) is 0 Å². The third-order valence-electron chi connectivity index (χ3n) is 3.39. The monoisotopic (exact) mass is 305 g/mol. The molecule has 1 aromatic heterocycles. The average Bonchev–Trinajstić information content (AvgIpc) is 2.94. The number of carboxylic acids is 1. The smallest absolute Gasteiger partial charge is 0.338 e.